The molecule has 3 aromatic rings. The van der Waals surface area contributed by atoms with Crippen LogP contribution in [-0.2, 0) is 22.3 Å². The zero-order valence-corrected chi connectivity index (χ0v) is 19.7. The van der Waals surface area contributed by atoms with Crippen LogP contribution in [0.25, 0.3) is 11.4 Å². The second-order valence-electron chi connectivity index (χ2n) is 7.26. The Bertz CT molecular complexity index is 1140. The molecule has 1 aromatic heterocycles. The minimum Gasteiger partial charge on any atom is -0.383 e. The summed E-state index contributed by atoms with van der Waals surface area (Å²) in [6.07, 6.45) is -4.62. The number of ether oxygens (including phenoxy) is 1. The van der Waals surface area contributed by atoms with Crippen LogP contribution in [0.15, 0.2) is 47.6 Å². The van der Waals surface area contributed by atoms with Gasteiger partial charge in [0, 0.05) is 18.4 Å². The maximum Gasteiger partial charge on any atom is 0.417 e. The van der Waals surface area contributed by atoms with Crippen molar-refractivity contribution < 1.29 is 22.7 Å². The van der Waals surface area contributed by atoms with E-state index in [1.165, 1.54) is 6.07 Å². The van der Waals surface area contributed by atoms with Gasteiger partial charge in [0.2, 0.25) is 5.91 Å². The number of nitrogens with zero attached hydrogens (tertiary/aromatic N) is 3. The Morgan fingerprint density at radius 3 is 2.67 bits per heavy atom. The van der Waals surface area contributed by atoms with Gasteiger partial charge in [0.1, 0.15) is 0 Å². The van der Waals surface area contributed by atoms with E-state index in [1.54, 1.807) is 14.0 Å². The third kappa shape index (κ3) is 6.27. The highest BCUT2D eigenvalue weighted by atomic mass is 35.5. The van der Waals surface area contributed by atoms with Crippen LogP contribution in [0.3, 0.4) is 0 Å². The highest BCUT2D eigenvalue weighted by molar-refractivity contribution is 8.00. The summed E-state index contributed by atoms with van der Waals surface area (Å²) in [4.78, 5) is 12.7. The minimum atomic E-state index is -4.62. The van der Waals surface area contributed by atoms with E-state index >= 15 is 0 Å². The predicted molar refractivity (Wildman–Crippen MR) is 122 cm³/mol. The van der Waals surface area contributed by atoms with Crippen LogP contribution in [0.1, 0.15) is 18.1 Å². The minimum absolute atomic E-state index is 0.00507. The molecule has 1 amide bonds. The molecule has 0 aliphatic carbocycles. The van der Waals surface area contributed by atoms with Crippen molar-refractivity contribution in [3.63, 3.8) is 0 Å². The van der Waals surface area contributed by atoms with Gasteiger partial charge in [-0.05, 0) is 38.1 Å². The van der Waals surface area contributed by atoms with Gasteiger partial charge in [-0.25, -0.2) is 0 Å². The first-order valence-electron chi connectivity index (χ1n) is 9.93. The molecule has 33 heavy (non-hydrogen) atoms. The van der Waals surface area contributed by atoms with E-state index in [0.29, 0.717) is 24.1 Å². The Labute approximate surface area is 198 Å². The first-order valence-corrected chi connectivity index (χ1v) is 11.2. The van der Waals surface area contributed by atoms with Crippen molar-refractivity contribution in [2.24, 2.45) is 0 Å². The summed E-state index contributed by atoms with van der Waals surface area (Å²) in [5.41, 5.74) is 0.940. The Morgan fingerprint density at radius 2 is 2.00 bits per heavy atom. The number of carbonyl (C=O) groups excluding carboxylic acids is 1. The molecule has 3 rings (SSSR count). The quantitative estimate of drug-likeness (QED) is 0.404. The molecule has 11 heteroatoms. The van der Waals surface area contributed by atoms with Crippen molar-refractivity contribution >= 4 is 35.0 Å². The summed E-state index contributed by atoms with van der Waals surface area (Å²) in [5, 5.41) is 10.4. The Hall–Kier alpha value is -2.56. The van der Waals surface area contributed by atoms with Crippen molar-refractivity contribution in [1.82, 2.24) is 14.8 Å². The number of hydrogen-bond donors (Lipinski definition) is 1. The number of carbonyl (C=O) groups is 1. The molecule has 1 N–H and O–H groups in total. The molecule has 176 valence electrons. The van der Waals surface area contributed by atoms with Crippen LogP contribution in [0, 0.1) is 6.92 Å². The predicted octanol–water partition coefficient (Wildman–Crippen LogP) is 5.69. The third-order valence-electron chi connectivity index (χ3n) is 4.70. The van der Waals surface area contributed by atoms with Crippen LogP contribution in [0.4, 0.5) is 18.9 Å². The van der Waals surface area contributed by atoms with Crippen molar-refractivity contribution in [1.29, 1.82) is 0 Å². The molecule has 6 nitrogen and oxygen atoms in total. The van der Waals surface area contributed by atoms with Gasteiger partial charge in [0.15, 0.2) is 11.0 Å². The molecule has 0 saturated heterocycles. The fourth-order valence-electron chi connectivity index (χ4n) is 3.03. The van der Waals surface area contributed by atoms with Gasteiger partial charge in [-0.3, -0.25) is 9.36 Å². The number of alkyl halides is 3. The first-order chi connectivity index (χ1) is 15.6. The fraction of sp³-hybridized carbons (Fsp3) is 0.318. The number of benzene rings is 2. The molecule has 0 aliphatic heterocycles. The number of halogens is 4. The van der Waals surface area contributed by atoms with E-state index in [4.69, 9.17) is 16.3 Å². The Balaban J connectivity index is 1.79. The van der Waals surface area contributed by atoms with Crippen LogP contribution >= 0.6 is 23.4 Å². The number of amides is 1. The van der Waals surface area contributed by atoms with Gasteiger partial charge in [-0.15, -0.1) is 10.2 Å². The van der Waals surface area contributed by atoms with Crippen molar-refractivity contribution in [2.75, 3.05) is 19.0 Å². The highest BCUT2D eigenvalue weighted by Gasteiger charge is 2.33. The number of rotatable bonds is 8. The first kappa shape index (κ1) is 25.1. The molecule has 0 bridgehead atoms. The van der Waals surface area contributed by atoms with Gasteiger partial charge in [0.05, 0.1) is 29.0 Å². The van der Waals surface area contributed by atoms with Crippen molar-refractivity contribution in [2.45, 2.75) is 37.0 Å². The Morgan fingerprint density at radius 1 is 1.24 bits per heavy atom. The molecular formula is C22H22ClF3N4O2S. The molecule has 0 spiro atoms. The van der Waals surface area contributed by atoms with Crippen LogP contribution in [0.5, 0.6) is 0 Å². The van der Waals surface area contributed by atoms with Crippen molar-refractivity contribution in [3.05, 3.63) is 58.6 Å². The topological polar surface area (TPSA) is 69.0 Å². The highest BCUT2D eigenvalue weighted by Crippen LogP contribution is 2.36. The SMILES string of the molecule is COCCn1c(SC(C)C(=O)Nc2ccc(Cl)c(C(F)(F)F)c2)nnc1-c1cccc(C)c1. The molecule has 2 aromatic carbocycles. The standard InChI is InChI=1S/C22H22ClF3N4O2S/c1-13-5-4-6-15(11-13)19-28-29-21(30(19)9-10-32-3)33-14(2)20(31)27-16-7-8-18(23)17(12-16)22(24,25)26/h4-8,11-12,14H,9-10H2,1-3H3,(H,27,31). The number of aryl methyl sites for hydroxylation is 1. The average molecular weight is 499 g/mol. The lowest BCUT2D eigenvalue weighted by Crippen LogP contribution is -2.23. The van der Waals surface area contributed by atoms with E-state index in [2.05, 4.69) is 15.5 Å². The van der Waals surface area contributed by atoms with E-state index in [-0.39, 0.29) is 5.69 Å². The van der Waals surface area contributed by atoms with Gasteiger partial charge in [-0.2, -0.15) is 13.2 Å². The summed E-state index contributed by atoms with van der Waals surface area (Å²) in [6, 6.07) is 11.0. The number of thioether (sulfide) groups is 1. The van der Waals surface area contributed by atoms with E-state index < -0.39 is 27.9 Å². The average Bonchev–Trinajstić information content (AvgIpc) is 3.15. The van der Waals surface area contributed by atoms with E-state index in [9.17, 15) is 18.0 Å². The molecule has 0 aliphatic rings. The van der Waals surface area contributed by atoms with Gasteiger partial charge >= 0.3 is 6.18 Å². The normalized spacial score (nSPS) is 12.6. The van der Waals surface area contributed by atoms with Crippen LogP contribution in [-0.4, -0.2) is 39.6 Å². The summed E-state index contributed by atoms with van der Waals surface area (Å²) >= 11 is 6.80. The zero-order chi connectivity index (χ0) is 24.2. The number of methoxy groups -OCH3 is 1. The van der Waals surface area contributed by atoms with E-state index in [1.807, 2.05) is 35.8 Å². The summed E-state index contributed by atoms with van der Waals surface area (Å²) in [7, 11) is 1.58. The smallest absolute Gasteiger partial charge is 0.383 e. The number of nitrogens with one attached hydrogen (secondary N) is 1. The number of aromatic nitrogens is 3. The molecule has 0 saturated carbocycles. The molecule has 1 unspecified atom stereocenters. The third-order valence-corrected chi connectivity index (χ3v) is 6.11. The molecule has 1 heterocycles. The molecule has 1 atom stereocenters. The lowest BCUT2D eigenvalue weighted by Gasteiger charge is -2.15. The fourth-order valence-corrected chi connectivity index (χ4v) is 4.13. The van der Waals surface area contributed by atoms with Gasteiger partial charge < -0.3 is 10.1 Å². The zero-order valence-electron chi connectivity index (χ0n) is 18.1. The number of anilines is 1. The maximum absolute atomic E-state index is 13.1. The molecule has 0 fully saturated rings. The van der Waals surface area contributed by atoms with Crippen LogP contribution < -0.4 is 5.32 Å². The van der Waals surface area contributed by atoms with Crippen molar-refractivity contribution in [3.8, 4) is 11.4 Å². The Kier molecular flexibility index (Phi) is 8.04. The monoisotopic (exact) mass is 498 g/mol. The van der Waals surface area contributed by atoms with E-state index in [0.717, 1.165) is 35.0 Å². The maximum atomic E-state index is 13.1. The lowest BCUT2D eigenvalue weighted by molar-refractivity contribution is -0.137. The largest absolute Gasteiger partial charge is 0.417 e. The summed E-state index contributed by atoms with van der Waals surface area (Å²) in [6.45, 7) is 4.50. The second-order valence-corrected chi connectivity index (χ2v) is 8.98. The summed E-state index contributed by atoms with van der Waals surface area (Å²) < 4.78 is 46.3. The molecule has 0 radical (unpaired) electrons. The number of hydrogen-bond acceptors (Lipinski definition) is 5. The summed E-state index contributed by atoms with van der Waals surface area (Å²) in [5.74, 6) is 0.159. The van der Waals surface area contributed by atoms with Gasteiger partial charge in [0.25, 0.3) is 0 Å². The van der Waals surface area contributed by atoms with Crippen LogP contribution in [0.2, 0.25) is 5.02 Å². The molecular weight excluding hydrogens is 477 g/mol. The lowest BCUT2D eigenvalue weighted by atomic mass is 10.1. The van der Waals surface area contributed by atoms with Gasteiger partial charge in [-0.1, -0.05) is 47.1 Å². The second kappa shape index (κ2) is 10.6.